The second-order valence-electron chi connectivity index (χ2n) is 4.33. The second kappa shape index (κ2) is 4.20. The van der Waals surface area contributed by atoms with E-state index in [-0.39, 0.29) is 10.7 Å². The molecule has 1 aliphatic rings. The van der Waals surface area contributed by atoms with Gasteiger partial charge in [0.05, 0.1) is 4.90 Å². The number of benzene rings is 2. The van der Waals surface area contributed by atoms with Gasteiger partial charge in [0.25, 0.3) is 0 Å². The Morgan fingerprint density at radius 3 is 2.42 bits per heavy atom. The van der Waals surface area contributed by atoms with Crippen LogP contribution in [0.4, 0.5) is 5.69 Å². The van der Waals surface area contributed by atoms with Crippen LogP contribution in [0.15, 0.2) is 58.4 Å². The van der Waals surface area contributed by atoms with Gasteiger partial charge in [-0.2, -0.15) is 0 Å². The van der Waals surface area contributed by atoms with Gasteiger partial charge < -0.3 is 9.71 Å². The number of nitrogens with zero attached hydrogens (tertiary/aromatic N) is 2. The van der Waals surface area contributed by atoms with Gasteiger partial charge in [-0.25, -0.2) is 8.42 Å². The van der Waals surface area contributed by atoms with Gasteiger partial charge >= 0.3 is 0 Å². The SMILES string of the molecule is Cc1ccc(N=C2[N-]S(=O)(=O)c3ccccc32)cc1. The molecule has 0 unspecified atom stereocenters. The van der Waals surface area contributed by atoms with E-state index in [2.05, 4.69) is 9.71 Å². The van der Waals surface area contributed by atoms with Crippen molar-refractivity contribution in [1.82, 2.24) is 0 Å². The molecule has 2 aromatic carbocycles. The van der Waals surface area contributed by atoms with Gasteiger partial charge in [-0.15, -0.1) is 0 Å². The molecular weight excluding hydrogens is 260 g/mol. The molecule has 0 aliphatic carbocycles. The van der Waals surface area contributed by atoms with Crippen LogP contribution in [0.2, 0.25) is 0 Å². The zero-order valence-corrected chi connectivity index (χ0v) is 11.1. The van der Waals surface area contributed by atoms with E-state index in [0.29, 0.717) is 11.3 Å². The Balaban J connectivity index is 2.11. The highest BCUT2D eigenvalue weighted by molar-refractivity contribution is 7.95. The molecule has 19 heavy (non-hydrogen) atoms. The topological polar surface area (TPSA) is 60.6 Å². The minimum absolute atomic E-state index is 0.223. The molecule has 0 amide bonds. The molecule has 1 heterocycles. The normalized spacial score (nSPS) is 18.1. The molecule has 0 bridgehead atoms. The smallest absolute Gasteiger partial charge is 0.202 e. The van der Waals surface area contributed by atoms with Crippen molar-refractivity contribution in [2.24, 2.45) is 4.99 Å². The van der Waals surface area contributed by atoms with Crippen LogP contribution in [0.25, 0.3) is 4.72 Å². The fourth-order valence-corrected chi connectivity index (χ4v) is 3.06. The highest BCUT2D eigenvalue weighted by Crippen LogP contribution is 2.33. The Morgan fingerprint density at radius 2 is 1.68 bits per heavy atom. The summed E-state index contributed by atoms with van der Waals surface area (Å²) in [5, 5.41) is 0. The third-order valence-electron chi connectivity index (χ3n) is 2.88. The van der Waals surface area contributed by atoms with Gasteiger partial charge in [-0.05, 0) is 30.1 Å². The first kappa shape index (κ1) is 11.9. The Labute approximate surface area is 111 Å². The van der Waals surface area contributed by atoms with Crippen molar-refractivity contribution in [3.8, 4) is 0 Å². The van der Waals surface area contributed by atoms with Crippen LogP contribution in [0, 0.1) is 6.92 Å². The second-order valence-corrected chi connectivity index (χ2v) is 5.91. The molecular formula is C14H11N2O2S-. The Morgan fingerprint density at radius 1 is 1.00 bits per heavy atom. The van der Waals surface area contributed by atoms with Gasteiger partial charge in [-0.3, -0.25) is 0 Å². The van der Waals surface area contributed by atoms with Crippen molar-refractivity contribution in [2.45, 2.75) is 11.8 Å². The monoisotopic (exact) mass is 271 g/mol. The lowest BCUT2D eigenvalue weighted by Gasteiger charge is -2.10. The standard InChI is InChI=1S/C14H11N2O2S/c1-10-6-8-11(9-7-10)15-14-12-4-2-3-5-13(12)19(17,18)16-14/h2-9H,1H3/q-1. The van der Waals surface area contributed by atoms with Crippen molar-refractivity contribution >= 4 is 21.5 Å². The summed E-state index contributed by atoms with van der Waals surface area (Å²) in [6, 6.07) is 14.3. The van der Waals surface area contributed by atoms with E-state index in [1.165, 1.54) is 0 Å². The Hall–Kier alpha value is -2.14. The van der Waals surface area contributed by atoms with Gasteiger partial charge in [0.2, 0.25) is 10.0 Å². The average molecular weight is 271 g/mol. The Bertz CT molecular complexity index is 762. The highest BCUT2D eigenvalue weighted by atomic mass is 32.2. The summed E-state index contributed by atoms with van der Waals surface area (Å²) in [5.74, 6) is 0.249. The van der Waals surface area contributed by atoms with Crippen LogP contribution < -0.4 is 0 Å². The van der Waals surface area contributed by atoms with E-state index in [0.717, 1.165) is 5.56 Å². The van der Waals surface area contributed by atoms with Crippen LogP contribution in [0.5, 0.6) is 0 Å². The van der Waals surface area contributed by atoms with E-state index in [9.17, 15) is 8.42 Å². The minimum Gasteiger partial charge on any atom is -0.435 e. The van der Waals surface area contributed by atoms with Crippen LogP contribution in [-0.4, -0.2) is 14.3 Å². The van der Waals surface area contributed by atoms with Gasteiger partial charge in [-0.1, -0.05) is 48.0 Å². The van der Waals surface area contributed by atoms with Crippen LogP contribution >= 0.6 is 0 Å². The summed E-state index contributed by atoms with van der Waals surface area (Å²) in [6.07, 6.45) is 0. The Kier molecular flexibility index (Phi) is 2.64. The van der Waals surface area contributed by atoms with E-state index < -0.39 is 10.0 Å². The van der Waals surface area contributed by atoms with Crippen molar-refractivity contribution in [3.05, 3.63) is 64.4 Å². The molecule has 0 spiro atoms. The molecule has 2 aromatic rings. The lowest BCUT2D eigenvalue weighted by atomic mass is 10.2. The van der Waals surface area contributed by atoms with Crippen molar-refractivity contribution in [2.75, 3.05) is 0 Å². The molecule has 5 heteroatoms. The number of sulfonamides is 1. The summed E-state index contributed by atoms with van der Waals surface area (Å²) in [7, 11) is -3.59. The average Bonchev–Trinajstić information content (AvgIpc) is 2.65. The third-order valence-corrected chi connectivity index (χ3v) is 4.21. The predicted octanol–water partition coefficient (Wildman–Crippen LogP) is 3.15. The molecule has 0 N–H and O–H groups in total. The van der Waals surface area contributed by atoms with E-state index >= 15 is 0 Å². The molecule has 0 saturated carbocycles. The van der Waals surface area contributed by atoms with Gasteiger partial charge in [0.1, 0.15) is 0 Å². The molecule has 0 saturated heterocycles. The molecule has 0 fully saturated rings. The zero-order valence-electron chi connectivity index (χ0n) is 10.2. The molecule has 4 nitrogen and oxygen atoms in total. The molecule has 0 radical (unpaired) electrons. The van der Waals surface area contributed by atoms with Crippen molar-refractivity contribution in [1.29, 1.82) is 0 Å². The molecule has 0 aromatic heterocycles. The highest BCUT2D eigenvalue weighted by Gasteiger charge is 2.23. The number of aliphatic imine (C=N–C) groups is 1. The summed E-state index contributed by atoms with van der Waals surface area (Å²) in [4.78, 5) is 4.53. The maximum absolute atomic E-state index is 11.9. The maximum Gasteiger partial charge on any atom is 0.202 e. The number of aryl methyl sites for hydroxylation is 1. The number of rotatable bonds is 1. The quantitative estimate of drug-likeness (QED) is 0.799. The number of fused-ring (bicyclic) bond motifs is 1. The van der Waals surface area contributed by atoms with Gasteiger partial charge in [0.15, 0.2) is 0 Å². The van der Waals surface area contributed by atoms with E-state index in [4.69, 9.17) is 0 Å². The molecule has 3 rings (SSSR count). The zero-order chi connectivity index (χ0) is 13.5. The van der Waals surface area contributed by atoms with E-state index in [1.54, 1.807) is 24.3 Å². The summed E-state index contributed by atoms with van der Waals surface area (Å²) >= 11 is 0. The summed E-state index contributed by atoms with van der Waals surface area (Å²) in [6.45, 7) is 1.98. The van der Waals surface area contributed by atoms with Crippen LogP contribution in [-0.2, 0) is 10.0 Å². The van der Waals surface area contributed by atoms with E-state index in [1.807, 2.05) is 31.2 Å². The first-order valence-corrected chi connectivity index (χ1v) is 7.23. The van der Waals surface area contributed by atoms with Crippen LogP contribution in [0.3, 0.4) is 0 Å². The third kappa shape index (κ3) is 2.13. The van der Waals surface area contributed by atoms with Crippen LogP contribution in [0.1, 0.15) is 11.1 Å². The number of hydrogen-bond acceptors (Lipinski definition) is 3. The molecule has 0 atom stereocenters. The first-order chi connectivity index (χ1) is 9.06. The lowest BCUT2D eigenvalue weighted by Crippen LogP contribution is -1.92. The number of hydrogen-bond donors (Lipinski definition) is 0. The van der Waals surface area contributed by atoms with Gasteiger partial charge in [0, 0.05) is 0 Å². The van der Waals surface area contributed by atoms with Crippen molar-refractivity contribution < 1.29 is 8.42 Å². The van der Waals surface area contributed by atoms with Crippen molar-refractivity contribution in [3.63, 3.8) is 0 Å². The number of amidine groups is 1. The fraction of sp³-hybridized carbons (Fsp3) is 0.0714. The fourth-order valence-electron chi connectivity index (χ4n) is 1.91. The molecule has 96 valence electrons. The lowest BCUT2D eigenvalue weighted by molar-refractivity contribution is 0.605. The predicted molar refractivity (Wildman–Crippen MR) is 74.4 cm³/mol. The minimum atomic E-state index is -3.59. The summed E-state index contributed by atoms with van der Waals surface area (Å²) in [5.41, 5.74) is 2.37. The first-order valence-electron chi connectivity index (χ1n) is 5.79. The maximum atomic E-state index is 11.9. The largest absolute Gasteiger partial charge is 0.435 e. The molecule has 1 aliphatic heterocycles. The summed E-state index contributed by atoms with van der Waals surface area (Å²) < 4.78 is 27.4.